The quantitative estimate of drug-likeness (QED) is 0.802. The van der Waals surface area contributed by atoms with E-state index in [4.69, 9.17) is 9.15 Å². The molecule has 1 atom stereocenters. The number of piperidine rings is 1. The van der Waals surface area contributed by atoms with Gasteiger partial charge in [0.15, 0.2) is 0 Å². The van der Waals surface area contributed by atoms with E-state index in [-0.39, 0.29) is 29.4 Å². The Morgan fingerprint density at radius 2 is 2.15 bits per heavy atom. The topological polar surface area (TPSA) is 92.0 Å². The van der Waals surface area contributed by atoms with E-state index < -0.39 is 5.63 Å². The molecule has 1 unspecified atom stereocenters. The minimum Gasteiger partial charge on any atom is -0.427 e. The van der Waals surface area contributed by atoms with Crippen LogP contribution in [0.3, 0.4) is 0 Å². The number of ether oxygens (including phenoxy) is 1. The number of nitrogens with zero attached hydrogens (tertiary/aromatic N) is 1. The van der Waals surface area contributed by atoms with Gasteiger partial charge in [-0.2, -0.15) is 0 Å². The minimum absolute atomic E-state index is 0.00477. The van der Waals surface area contributed by atoms with Gasteiger partial charge < -0.3 is 24.5 Å². The molecule has 2 fully saturated rings. The maximum Gasteiger partial charge on any atom is 0.349 e. The number of carbonyl (C=O) groups is 1. The second-order valence-electron chi connectivity index (χ2n) is 7.97. The first-order valence-corrected chi connectivity index (χ1v) is 9.75. The van der Waals surface area contributed by atoms with Gasteiger partial charge >= 0.3 is 5.63 Å². The van der Waals surface area contributed by atoms with Crippen molar-refractivity contribution in [3.8, 4) is 0 Å². The van der Waals surface area contributed by atoms with Gasteiger partial charge in [0.1, 0.15) is 11.3 Å². The molecule has 3 rings (SSSR count). The van der Waals surface area contributed by atoms with Gasteiger partial charge in [0.05, 0.1) is 6.61 Å². The van der Waals surface area contributed by atoms with Crippen LogP contribution < -0.4 is 10.9 Å². The summed E-state index contributed by atoms with van der Waals surface area (Å²) in [6, 6.07) is 1.83. The van der Waals surface area contributed by atoms with Gasteiger partial charge in [0.25, 0.3) is 5.91 Å². The van der Waals surface area contributed by atoms with E-state index >= 15 is 0 Å². The van der Waals surface area contributed by atoms with Crippen LogP contribution in [0.4, 0.5) is 0 Å². The fourth-order valence-corrected chi connectivity index (χ4v) is 4.12. The molecule has 2 aliphatic rings. The minimum atomic E-state index is -0.572. The fraction of sp³-hybridized carbons (Fsp3) is 0.700. The molecule has 0 saturated carbocycles. The lowest BCUT2D eigenvalue weighted by Crippen LogP contribution is -2.45. The normalized spacial score (nSPS) is 22.4. The molecule has 0 radical (unpaired) electrons. The number of hydrogen-bond donors (Lipinski definition) is 2. The molecule has 3 heterocycles. The first-order valence-electron chi connectivity index (χ1n) is 9.75. The average molecular weight is 378 g/mol. The Balaban J connectivity index is 1.78. The highest BCUT2D eigenvalue weighted by Crippen LogP contribution is 2.31. The number of amides is 1. The summed E-state index contributed by atoms with van der Waals surface area (Å²) in [4.78, 5) is 27.1. The zero-order valence-corrected chi connectivity index (χ0v) is 16.3. The third-order valence-electron chi connectivity index (χ3n) is 5.89. The average Bonchev–Trinajstić information content (AvgIpc) is 2.68. The van der Waals surface area contributed by atoms with Crippen molar-refractivity contribution >= 4 is 5.91 Å². The van der Waals surface area contributed by atoms with Crippen molar-refractivity contribution in [3.05, 3.63) is 33.4 Å². The highest BCUT2D eigenvalue weighted by atomic mass is 16.5. The number of carbonyl (C=O) groups excluding carboxylic acids is 1. The van der Waals surface area contributed by atoms with Gasteiger partial charge in [-0.15, -0.1) is 0 Å². The lowest BCUT2D eigenvalue weighted by molar-refractivity contribution is -0.0283. The maximum absolute atomic E-state index is 12.9. The molecule has 1 aromatic heterocycles. The van der Waals surface area contributed by atoms with Crippen molar-refractivity contribution in [1.82, 2.24) is 10.2 Å². The third-order valence-corrected chi connectivity index (χ3v) is 5.89. The Hall–Kier alpha value is -1.70. The predicted molar refractivity (Wildman–Crippen MR) is 101 cm³/mol. The molecule has 0 spiro atoms. The molecular formula is C20H30N2O5. The molecule has 1 aromatic rings. The van der Waals surface area contributed by atoms with E-state index in [1.54, 1.807) is 14.0 Å². The standard InChI is InChI=1S/C20H30N2O5/c1-14-10-16(15-4-3-7-21-11-15)27-19(25)17(14)18(24)22(2)12-20(13-23)5-8-26-9-6-20/h10,15,21,23H,3-9,11-13H2,1-2H3. The van der Waals surface area contributed by atoms with Crippen LogP contribution in [0.1, 0.15) is 53.3 Å². The van der Waals surface area contributed by atoms with E-state index in [2.05, 4.69) is 5.32 Å². The van der Waals surface area contributed by atoms with E-state index in [0.717, 1.165) is 25.9 Å². The first-order chi connectivity index (χ1) is 13.0. The van der Waals surface area contributed by atoms with Crippen LogP contribution >= 0.6 is 0 Å². The molecular weight excluding hydrogens is 348 g/mol. The number of rotatable bonds is 5. The van der Waals surface area contributed by atoms with Crippen LogP contribution in [0.15, 0.2) is 15.3 Å². The van der Waals surface area contributed by atoms with Gasteiger partial charge in [-0.3, -0.25) is 4.79 Å². The van der Waals surface area contributed by atoms with Gasteiger partial charge in [-0.05, 0) is 50.8 Å². The molecule has 2 saturated heterocycles. The summed E-state index contributed by atoms with van der Waals surface area (Å²) in [7, 11) is 1.67. The Kier molecular flexibility index (Phi) is 6.34. The molecule has 7 nitrogen and oxygen atoms in total. The first kappa shape index (κ1) is 20.0. The highest BCUT2D eigenvalue weighted by Gasteiger charge is 2.35. The fourth-order valence-electron chi connectivity index (χ4n) is 4.12. The van der Waals surface area contributed by atoms with Gasteiger partial charge in [-0.25, -0.2) is 4.79 Å². The zero-order chi connectivity index (χ0) is 19.4. The largest absolute Gasteiger partial charge is 0.427 e. The van der Waals surface area contributed by atoms with E-state index in [1.165, 1.54) is 4.90 Å². The maximum atomic E-state index is 12.9. The number of aliphatic hydroxyl groups is 1. The van der Waals surface area contributed by atoms with E-state index in [0.29, 0.717) is 43.9 Å². The smallest absolute Gasteiger partial charge is 0.349 e. The number of nitrogens with one attached hydrogen (secondary N) is 1. The Morgan fingerprint density at radius 3 is 2.74 bits per heavy atom. The lowest BCUT2D eigenvalue weighted by atomic mass is 9.80. The van der Waals surface area contributed by atoms with E-state index in [9.17, 15) is 14.7 Å². The monoisotopic (exact) mass is 378 g/mol. The van der Waals surface area contributed by atoms with Gasteiger partial charge in [0, 0.05) is 44.7 Å². The second-order valence-corrected chi connectivity index (χ2v) is 7.97. The SMILES string of the molecule is Cc1cc(C2CCCNC2)oc(=O)c1C(=O)N(C)CC1(CO)CCOCC1. The summed E-state index contributed by atoms with van der Waals surface area (Å²) in [6.07, 6.45) is 3.41. The molecule has 27 heavy (non-hydrogen) atoms. The molecule has 0 bridgehead atoms. The Bertz CT molecular complexity index is 718. The number of aliphatic hydroxyl groups excluding tert-OH is 1. The van der Waals surface area contributed by atoms with Crippen molar-refractivity contribution in [1.29, 1.82) is 0 Å². The molecule has 7 heteroatoms. The van der Waals surface area contributed by atoms with Crippen molar-refractivity contribution in [2.75, 3.05) is 46.5 Å². The van der Waals surface area contributed by atoms with Crippen molar-refractivity contribution in [3.63, 3.8) is 0 Å². The van der Waals surface area contributed by atoms with Crippen LogP contribution in [0.2, 0.25) is 0 Å². The van der Waals surface area contributed by atoms with Crippen molar-refractivity contribution < 1.29 is 19.1 Å². The summed E-state index contributed by atoms with van der Waals surface area (Å²) >= 11 is 0. The van der Waals surface area contributed by atoms with Crippen LogP contribution in [0.25, 0.3) is 0 Å². The molecule has 0 aromatic carbocycles. The van der Waals surface area contributed by atoms with Crippen molar-refractivity contribution in [2.45, 2.75) is 38.5 Å². The summed E-state index contributed by atoms with van der Waals surface area (Å²) in [5.74, 6) is 0.473. The van der Waals surface area contributed by atoms with Gasteiger partial charge in [-0.1, -0.05) is 0 Å². The number of hydrogen-bond acceptors (Lipinski definition) is 6. The van der Waals surface area contributed by atoms with Crippen molar-refractivity contribution in [2.24, 2.45) is 5.41 Å². The van der Waals surface area contributed by atoms with Crippen LogP contribution in [-0.2, 0) is 4.74 Å². The molecule has 1 amide bonds. The predicted octanol–water partition coefficient (Wildman–Crippen LogP) is 1.28. The number of aryl methyl sites for hydroxylation is 1. The van der Waals surface area contributed by atoms with Gasteiger partial charge in [0.2, 0.25) is 0 Å². The van der Waals surface area contributed by atoms with Crippen LogP contribution in [0.5, 0.6) is 0 Å². The van der Waals surface area contributed by atoms with Crippen LogP contribution in [-0.4, -0.2) is 62.4 Å². The summed E-state index contributed by atoms with van der Waals surface area (Å²) in [5.41, 5.74) is -0.207. The van der Waals surface area contributed by atoms with Crippen LogP contribution in [0, 0.1) is 12.3 Å². The highest BCUT2D eigenvalue weighted by molar-refractivity contribution is 5.95. The lowest BCUT2D eigenvalue weighted by Gasteiger charge is -2.38. The Labute approximate surface area is 159 Å². The molecule has 0 aliphatic carbocycles. The molecule has 2 aliphatic heterocycles. The summed E-state index contributed by atoms with van der Waals surface area (Å²) < 4.78 is 10.9. The van der Waals surface area contributed by atoms with E-state index in [1.807, 2.05) is 6.07 Å². The zero-order valence-electron chi connectivity index (χ0n) is 16.3. The Morgan fingerprint density at radius 1 is 1.41 bits per heavy atom. The second kappa shape index (κ2) is 8.54. The third kappa shape index (κ3) is 4.42. The molecule has 150 valence electrons. The molecule has 2 N–H and O–H groups in total. The summed E-state index contributed by atoms with van der Waals surface area (Å²) in [6.45, 7) is 5.10. The summed E-state index contributed by atoms with van der Waals surface area (Å²) in [5, 5.41) is 13.2.